The highest BCUT2D eigenvalue weighted by Crippen LogP contribution is 2.40. The van der Waals surface area contributed by atoms with Crippen LogP contribution in [0.3, 0.4) is 0 Å². The number of aromatic nitrogens is 1. The maximum Gasteiger partial charge on any atom is 0.417 e. The summed E-state index contributed by atoms with van der Waals surface area (Å²) in [5, 5.41) is 10.5. The van der Waals surface area contributed by atoms with Gasteiger partial charge in [0.25, 0.3) is 0 Å². The van der Waals surface area contributed by atoms with Crippen LogP contribution < -0.4 is 4.74 Å². The summed E-state index contributed by atoms with van der Waals surface area (Å²) < 4.78 is 52.7. The van der Waals surface area contributed by atoms with Crippen molar-refractivity contribution in [1.82, 2.24) is 4.57 Å². The molecule has 1 heterocycles. The van der Waals surface area contributed by atoms with Crippen LogP contribution in [0.2, 0.25) is 0 Å². The maximum absolute atomic E-state index is 13.6. The van der Waals surface area contributed by atoms with Gasteiger partial charge in [0.2, 0.25) is 0 Å². The number of aryl methyl sites for hydroxylation is 1. The Morgan fingerprint density at radius 3 is 2.48 bits per heavy atom. The third kappa shape index (κ3) is 4.09. The molecule has 4 nitrogen and oxygen atoms in total. The van der Waals surface area contributed by atoms with Crippen molar-refractivity contribution in [1.29, 1.82) is 0 Å². The third-order valence-electron chi connectivity index (χ3n) is 4.33. The molecule has 2 aromatic carbocycles. The lowest BCUT2D eigenvalue weighted by molar-refractivity contribution is -0.137. The van der Waals surface area contributed by atoms with Crippen LogP contribution in [-0.4, -0.2) is 36.1 Å². The summed E-state index contributed by atoms with van der Waals surface area (Å²) in [5.74, 6) is 0.249. The molecular formula is C20H20F3NO3. The van der Waals surface area contributed by atoms with E-state index in [0.29, 0.717) is 5.69 Å². The summed E-state index contributed by atoms with van der Waals surface area (Å²) in [6, 6.07) is 12.7. The Hall–Kier alpha value is -2.51. The number of fused-ring (bicyclic) bond motifs is 1. The first-order chi connectivity index (χ1) is 12.8. The van der Waals surface area contributed by atoms with Crippen molar-refractivity contribution >= 4 is 10.9 Å². The number of methoxy groups -OCH3 is 1. The zero-order chi connectivity index (χ0) is 19.6. The number of halogens is 3. The van der Waals surface area contributed by atoms with E-state index in [2.05, 4.69) is 0 Å². The summed E-state index contributed by atoms with van der Waals surface area (Å²) in [6.45, 7) is 0.00441. The number of rotatable bonds is 6. The van der Waals surface area contributed by atoms with Crippen LogP contribution >= 0.6 is 0 Å². The van der Waals surface area contributed by atoms with Gasteiger partial charge in [-0.3, -0.25) is 0 Å². The molecule has 0 aliphatic rings. The number of benzene rings is 2. The standard InChI is InChI=1S/C20H20F3NO3/c1-24-18-6-4-3-5-13(18)9-19(24)16-10-15(27-12-14(25)11-26-2)7-8-17(16)20(21,22)23/h3-10,14,25H,11-12H2,1-2H3. The molecule has 0 radical (unpaired) electrons. The quantitative estimate of drug-likeness (QED) is 0.696. The molecule has 1 N–H and O–H groups in total. The number of hydrogen-bond donors (Lipinski definition) is 1. The zero-order valence-corrected chi connectivity index (χ0v) is 15.0. The van der Waals surface area contributed by atoms with Crippen LogP contribution in [0.25, 0.3) is 22.2 Å². The second kappa shape index (κ2) is 7.62. The van der Waals surface area contributed by atoms with E-state index in [-0.39, 0.29) is 24.5 Å². The summed E-state index contributed by atoms with van der Waals surface area (Å²) >= 11 is 0. The third-order valence-corrected chi connectivity index (χ3v) is 4.33. The van der Waals surface area contributed by atoms with Crippen LogP contribution in [0.4, 0.5) is 13.2 Å². The minimum absolute atomic E-state index is 0.0277. The molecule has 0 fully saturated rings. The Morgan fingerprint density at radius 1 is 1.07 bits per heavy atom. The summed E-state index contributed by atoms with van der Waals surface area (Å²) in [7, 11) is 3.17. The summed E-state index contributed by atoms with van der Waals surface area (Å²) in [6.07, 6.45) is -5.36. The van der Waals surface area contributed by atoms with E-state index in [1.807, 2.05) is 24.3 Å². The minimum atomic E-state index is -4.50. The maximum atomic E-state index is 13.6. The number of hydrogen-bond acceptors (Lipinski definition) is 3. The SMILES string of the molecule is COCC(O)COc1ccc(C(F)(F)F)c(-c2cc3ccccc3n2C)c1. The first-order valence-electron chi connectivity index (χ1n) is 8.37. The van der Waals surface area contributed by atoms with Gasteiger partial charge in [-0.2, -0.15) is 13.2 Å². The average Bonchev–Trinajstić information content (AvgIpc) is 2.96. The number of alkyl halides is 3. The second-order valence-corrected chi connectivity index (χ2v) is 6.27. The van der Waals surface area contributed by atoms with Gasteiger partial charge in [-0.25, -0.2) is 0 Å². The van der Waals surface area contributed by atoms with Gasteiger partial charge in [-0.1, -0.05) is 18.2 Å². The molecule has 0 spiro atoms. The van der Waals surface area contributed by atoms with E-state index in [4.69, 9.17) is 9.47 Å². The predicted molar refractivity (Wildman–Crippen MR) is 96.7 cm³/mol. The monoisotopic (exact) mass is 379 g/mol. The van der Waals surface area contributed by atoms with Crippen molar-refractivity contribution < 1.29 is 27.8 Å². The normalized spacial score (nSPS) is 13.1. The van der Waals surface area contributed by atoms with Crippen molar-refractivity contribution in [3.8, 4) is 17.0 Å². The molecule has 27 heavy (non-hydrogen) atoms. The molecule has 144 valence electrons. The Balaban J connectivity index is 2.05. The second-order valence-electron chi connectivity index (χ2n) is 6.27. The van der Waals surface area contributed by atoms with Gasteiger partial charge in [-0.05, 0) is 30.3 Å². The molecule has 1 aromatic heterocycles. The largest absolute Gasteiger partial charge is 0.491 e. The molecule has 1 unspecified atom stereocenters. The van der Waals surface area contributed by atoms with Crippen molar-refractivity contribution in [2.75, 3.05) is 20.3 Å². The van der Waals surface area contributed by atoms with Crippen molar-refractivity contribution in [3.63, 3.8) is 0 Å². The molecule has 0 amide bonds. The molecular weight excluding hydrogens is 359 g/mol. The van der Waals surface area contributed by atoms with Crippen molar-refractivity contribution in [3.05, 3.63) is 54.1 Å². The Morgan fingerprint density at radius 2 is 1.81 bits per heavy atom. The molecule has 0 saturated heterocycles. The molecule has 1 atom stereocenters. The lowest BCUT2D eigenvalue weighted by Gasteiger charge is -2.17. The molecule has 7 heteroatoms. The van der Waals surface area contributed by atoms with Crippen LogP contribution in [0.15, 0.2) is 48.5 Å². The fourth-order valence-electron chi connectivity index (χ4n) is 3.05. The van der Waals surface area contributed by atoms with Crippen LogP contribution in [0.5, 0.6) is 5.75 Å². The van der Waals surface area contributed by atoms with Gasteiger partial charge in [0.05, 0.1) is 12.2 Å². The van der Waals surface area contributed by atoms with Crippen LogP contribution in [0, 0.1) is 0 Å². The van der Waals surface area contributed by atoms with E-state index in [1.54, 1.807) is 17.7 Å². The molecule has 0 aliphatic heterocycles. The van der Waals surface area contributed by atoms with Gasteiger partial charge in [0.15, 0.2) is 0 Å². The fraction of sp³-hybridized carbons (Fsp3) is 0.300. The smallest absolute Gasteiger partial charge is 0.417 e. The molecule has 3 aromatic rings. The number of nitrogens with zero attached hydrogens (tertiary/aromatic N) is 1. The van der Waals surface area contributed by atoms with Gasteiger partial charge in [-0.15, -0.1) is 0 Å². The minimum Gasteiger partial charge on any atom is -0.491 e. The first-order valence-corrected chi connectivity index (χ1v) is 8.37. The molecule has 0 bridgehead atoms. The van der Waals surface area contributed by atoms with E-state index >= 15 is 0 Å². The van der Waals surface area contributed by atoms with Crippen LogP contribution in [0.1, 0.15) is 5.56 Å². The fourth-order valence-corrected chi connectivity index (χ4v) is 3.05. The average molecular weight is 379 g/mol. The van der Waals surface area contributed by atoms with E-state index in [1.165, 1.54) is 19.2 Å². The number of para-hydroxylation sites is 1. The number of aliphatic hydroxyl groups excluding tert-OH is 1. The summed E-state index contributed by atoms with van der Waals surface area (Å²) in [4.78, 5) is 0. The molecule has 3 rings (SSSR count). The highest BCUT2D eigenvalue weighted by Gasteiger charge is 2.34. The van der Waals surface area contributed by atoms with Crippen molar-refractivity contribution in [2.24, 2.45) is 7.05 Å². The molecule has 0 saturated carbocycles. The van der Waals surface area contributed by atoms with Gasteiger partial charge >= 0.3 is 6.18 Å². The number of ether oxygens (including phenoxy) is 2. The zero-order valence-electron chi connectivity index (χ0n) is 15.0. The van der Waals surface area contributed by atoms with Gasteiger partial charge in [0.1, 0.15) is 18.5 Å². The van der Waals surface area contributed by atoms with Gasteiger partial charge < -0.3 is 19.1 Å². The Kier molecular flexibility index (Phi) is 5.43. The lowest BCUT2D eigenvalue weighted by Crippen LogP contribution is -2.22. The topological polar surface area (TPSA) is 43.6 Å². The Labute approximate surface area is 154 Å². The van der Waals surface area contributed by atoms with E-state index < -0.39 is 17.8 Å². The predicted octanol–water partition coefficient (Wildman–Crippen LogP) is 4.25. The first kappa shape index (κ1) is 19.3. The Bertz CT molecular complexity index is 934. The molecule has 0 aliphatic carbocycles. The van der Waals surface area contributed by atoms with Gasteiger partial charge in [0, 0.05) is 36.3 Å². The highest BCUT2D eigenvalue weighted by molar-refractivity contribution is 5.87. The van der Waals surface area contributed by atoms with Crippen molar-refractivity contribution in [2.45, 2.75) is 12.3 Å². The van der Waals surface area contributed by atoms with E-state index in [9.17, 15) is 18.3 Å². The number of aliphatic hydroxyl groups is 1. The lowest BCUT2D eigenvalue weighted by atomic mass is 10.0. The van der Waals surface area contributed by atoms with E-state index in [0.717, 1.165) is 17.0 Å². The summed E-state index contributed by atoms with van der Waals surface area (Å²) in [5.41, 5.74) is 0.562. The van der Waals surface area contributed by atoms with Crippen LogP contribution in [-0.2, 0) is 18.0 Å². The highest BCUT2D eigenvalue weighted by atomic mass is 19.4.